The zero-order valence-corrected chi connectivity index (χ0v) is 17.1. The van der Waals surface area contributed by atoms with E-state index in [0.29, 0.717) is 24.4 Å². The molecule has 0 aliphatic rings. The standard InChI is InChI=1S/C22H26N4O4/c1-16(2)12-24-21(28)22(29)26-25-14-18-10-6-7-11-19(18)30-15-20(27)23-13-17-8-4-3-5-9-17/h3-11,14,16H,12-13,15H2,1-2H3,(H,23,27)(H,24,28)(H,26,29)/b25-14-. The quantitative estimate of drug-likeness (QED) is 0.331. The lowest BCUT2D eigenvalue weighted by molar-refractivity contribution is -0.139. The van der Waals surface area contributed by atoms with Gasteiger partial charge in [-0.3, -0.25) is 14.4 Å². The molecule has 0 atom stereocenters. The van der Waals surface area contributed by atoms with Crippen molar-refractivity contribution in [2.75, 3.05) is 13.2 Å². The lowest BCUT2D eigenvalue weighted by Crippen LogP contribution is -2.39. The Morgan fingerprint density at radius 2 is 1.67 bits per heavy atom. The summed E-state index contributed by atoms with van der Waals surface area (Å²) in [6.45, 7) is 4.50. The van der Waals surface area contributed by atoms with E-state index in [1.165, 1.54) is 6.21 Å². The van der Waals surface area contributed by atoms with E-state index in [-0.39, 0.29) is 18.4 Å². The molecule has 0 fully saturated rings. The molecule has 8 nitrogen and oxygen atoms in total. The van der Waals surface area contributed by atoms with Gasteiger partial charge < -0.3 is 15.4 Å². The van der Waals surface area contributed by atoms with Crippen LogP contribution in [0.25, 0.3) is 0 Å². The van der Waals surface area contributed by atoms with Crippen LogP contribution in [0.2, 0.25) is 0 Å². The summed E-state index contributed by atoms with van der Waals surface area (Å²) in [6.07, 6.45) is 1.35. The van der Waals surface area contributed by atoms with Gasteiger partial charge >= 0.3 is 11.8 Å². The van der Waals surface area contributed by atoms with E-state index in [4.69, 9.17) is 4.74 Å². The highest BCUT2D eigenvalue weighted by atomic mass is 16.5. The molecular weight excluding hydrogens is 384 g/mol. The molecule has 0 unspecified atom stereocenters. The average Bonchev–Trinajstić information content (AvgIpc) is 2.75. The van der Waals surface area contributed by atoms with Crippen molar-refractivity contribution in [2.45, 2.75) is 20.4 Å². The van der Waals surface area contributed by atoms with Crippen molar-refractivity contribution in [3.05, 3.63) is 65.7 Å². The Kier molecular flexibility index (Phi) is 9.05. The van der Waals surface area contributed by atoms with Gasteiger partial charge in [-0.15, -0.1) is 0 Å². The number of hydrogen-bond donors (Lipinski definition) is 3. The molecule has 0 heterocycles. The van der Waals surface area contributed by atoms with Crippen molar-refractivity contribution in [3.8, 4) is 5.75 Å². The summed E-state index contributed by atoms with van der Waals surface area (Å²) in [5.74, 6) is -1.21. The lowest BCUT2D eigenvalue weighted by atomic mass is 10.2. The highest BCUT2D eigenvalue weighted by molar-refractivity contribution is 6.35. The number of nitrogens with zero attached hydrogens (tertiary/aromatic N) is 1. The molecule has 0 bridgehead atoms. The monoisotopic (exact) mass is 410 g/mol. The maximum atomic E-state index is 12.0. The molecule has 0 radical (unpaired) electrons. The van der Waals surface area contributed by atoms with Crippen LogP contribution >= 0.6 is 0 Å². The number of carbonyl (C=O) groups excluding carboxylic acids is 3. The van der Waals surface area contributed by atoms with Gasteiger partial charge in [-0.05, 0) is 23.6 Å². The number of amides is 3. The van der Waals surface area contributed by atoms with Gasteiger partial charge in [-0.25, -0.2) is 5.43 Å². The molecule has 0 aliphatic heterocycles. The first-order chi connectivity index (χ1) is 14.5. The highest BCUT2D eigenvalue weighted by Crippen LogP contribution is 2.15. The minimum Gasteiger partial charge on any atom is -0.483 e. The molecule has 3 N–H and O–H groups in total. The van der Waals surface area contributed by atoms with Crippen LogP contribution in [0.15, 0.2) is 59.7 Å². The van der Waals surface area contributed by atoms with Gasteiger partial charge in [0.05, 0.1) is 6.21 Å². The fourth-order valence-electron chi connectivity index (χ4n) is 2.30. The second-order valence-corrected chi connectivity index (χ2v) is 6.89. The average molecular weight is 410 g/mol. The molecule has 2 rings (SSSR count). The molecule has 0 saturated heterocycles. The Labute approximate surface area is 175 Å². The summed E-state index contributed by atoms with van der Waals surface area (Å²) in [6, 6.07) is 16.5. The first-order valence-corrected chi connectivity index (χ1v) is 9.59. The molecule has 2 aromatic rings. The molecule has 3 amide bonds. The molecular formula is C22H26N4O4. The van der Waals surface area contributed by atoms with Crippen molar-refractivity contribution in [1.29, 1.82) is 0 Å². The summed E-state index contributed by atoms with van der Waals surface area (Å²) in [5.41, 5.74) is 3.71. The maximum absolute atomic E-state index is 12.0. The number of benzene rings is 2. The minimum atomic E-state index is -0.856. The van der Waals surface area contributed by atoms with E-state index in [0.717, 1.165) is 5.56 Å². The van der Waals surface area contributed by atoms with Crippen molar-refractivity contribution >= 4 is 23.9 Å². The SMILES string of the molecule is CC(C)CNC(=O)C(=O)N/N=C\c1ccccc1OCC(=O)NCc1ccccc1. The number of rotatable bonds is 9. The van der Waals surface area contributed by atoms with E-state index in [9.17, 15) is 14.4 Å². The van der Waals surface area contributed by atoms with Crippen LogP contribution in [0.1, 0.15) is 25.0 Å². The Hall–Kier alpha value is -3.68. The first kappa shape index (κ1) is 22.6. The third-order valence-corrected chi connectivity index (χ3v) is 3.86. The number of hydrogen-bond acceptors (Lipinski definition) is 5. The van der Waals surface area contributed by atoms with E-state index >= 15 is 0 Å². The summed E-state index contributed by atoms with van der Waals surface area (Å²) in [4.78, 5) is 35.4. The normalized spacial score (nSPS) is 10.6. The minimum absolute atomic E-state index is 0.165. The molecule has 0 spiro atoms. The van der Waals surface area contributed by atoms with Crippen LogP contribution in [0.3, 0.4) is 0 Å². The summed E-state index contributed by atoms with van der Waals surface area (Å²) >= 11 is 0. The van der Waals surface area contributed by atoms with Gasteiger partial charge in [0.2, 0.25) is 0 Å². The molecule has 8 heteroatoms. The second kappa shape index (κ2) is 12.0. The third kappa shape index (κ3) is 8.14. The zero-order chi connectivity index (χ0) is 21.8. The van der Waals surface area contributed by atoms with Gasteiger partial charge in [0.25, 0.3) is 5.91 Å². The van der Waals surface area contributed by atoms with Crippen LogP contribution in [0.4, 0.5) is 0 Å². The highest BCUT2D eigenvalue weighted by Gasteiger charge is 2.12. The molecule has 158 valence electrons. The Balaban J connectivity index is 1.83. The van der Waals surface area contributed by atoms with Crippen molar-refractivity contribution in [1.82, 2.24) is 16.1 Å². The van der Waals surface area contributed by atoms with Crippen LogP contribution in [-0.4, -0.2) is 37.1 Å². The smallest absolute Gasteiger partial charge is 0.329 e. The predicted molar refractivity (Wildman–Crippen MR) is 114 cm³/mol. The van der Waals surface area contributed by atoms with E-state index in [1.807, 2.05) is 44.2 Å². The third-order valence-electron chi connectivity index (χ3n) is 3.86. The van der Waals surface area contributed by atoms with Crippen molar-refractivity contribution < 1.29 is 19.1 Å². The van der Waals surface area contributed by atoms with Crippen molar-refractivity contribution in [3.63, 3.8) is 0 Å². The summed E-state index contributed by atoms with van der Waals surface area (Å²) < 4.78 is 5.56. The van der Waals surface area contributed by atoms with E-state index in [1.54, 1.807) is 24.3 Å². The van der Waals surface area contributed by atoms with Gasteiger partial charge in [0.1, 0.15) is 5.75 Å². The number of nitrogens with one attached hydrogen (secondary N) is 3. The van der Waals surface area contributed by atoms with Gasteiger partial charge in [-0.2, -0.15) is 5.10 Å². The van der Waals surface area contributed by atoms with Crippen molar-refractivity contribution in [2.24, 2.45) is 11.0 Å². The van der Waals surface area contributed by atoms with Crippen LogP contribution in [-0.2, 0) is 20.9 Å². The Morgan fingerprint density at radius 1 is 0.967 bits per heavy atom. The van der Waals surface area contributed by atoms with Gasteiger partial charge in [0, 0.05) is 18.7 Å². The molecule has 0 saturated carbocycles. The zero-order valence-electron chi connectivity index (χ0n) is 17.1. The lowest BCUT2D eigenvalue weighted by Gasteiger charge is -2.09. The van der Waals surface area contributed by atoms with E-state index in [2.05, 4.69) is 21.2 Å². The van der Waals surface area contributed by atoms with E-state index < -0.39 is 11.8 Å². The van der Waals surface area contributed by atoms with Crippen LogP contribution in [0, 0.1) is 5.92 Å². The topological polar surface area (TPSA) is 109 Å². The summed E-state index contributed by atoms with van der Waals surface area (Å²) in [7, 11) is 0. The predicted octanol–water partition coefficient (Wildman–Crippen LogP) is 1.60. The largest absolute Gasteiger partial charge is 0.483 e. The molecule has 0 aromatic heterocycles. The fourth-order valence-corrected chi connectivity index (χ4v) is 2.30. The molecule has 30 heavy (non-hydrogen) atoms. The number of hydrazone groups is 1. The molecule has 2 aromatic carbocycles. The number of carbonyl (C=O) groups is 3. The van der Waals surface area contributed by atoms with Crippen LogP contribution < -0.4 is 20.8 Å². The summed E-state index contributed by atoms with van der Waals surface area (Å²) in [5, 5.41) is 9.07. The second-order valence-electron chi connectivity index (χ2n) is 6.89. The Bertz CT molecular complexity index is 882. The first-order valence-electron chi connectivity index (χ1n) is 9.59. The fraction of sp³-hybridized carbons (Fsp3) is 0.273. The van der Waals surface area contributed by atoms with Gasteiger partial charge in [-0.1, -0.05) is 56.3 Å². The van der Waals surface area contributed by atoms with Gasteiger partial charge in [0.15, 0.2) is 6.61 Å². The molecule has 0 aliphatic carbocycles. The Morgan fingerprint density at radius 3 is 2.40 bits per heavy atom. The number of ether oxygens (including phenoxy) is 1. The van der Waals surface area contributed by atoms with Crippen LogP contribution in [0.5, 0.6) is 5.75 Å². The maximum Gasteiger partial charge on any atom is 0.329 e. The number of para-hydroxylation sites is 1.